The third-order valence-electron chi connectivity index (χ3n) is 0.870. The van der Waals surface area contributed by atoms with Crippen LogP contribution in [-0.2, 0) is 4.18 Å². The molecule has 0 bridgehead atoms. The number of rotatable bonds is 2. The van der Waals surface area contributed by atoms with E-state index in [1.54, 1.807) is 12.4 Å². The van der Waals surface area contributed by atoms with Gasteiger partial charge in [-0.1, -0.05) is 0 Å². The van der Waals surface area contributed by atoms with Crippen LogP contribution in [0.1, 0.15) is 0 Å². The highest BCUT2D eigenvalue weighted by molar-refractivity contribution is 7.96. The van der Waals surface area contributed by atoms with Gasteiger partial charge in [0.15, 0.2) is 0 Å². The lowest BCUT2D eigenvalue weighted by Crippen LogP contribution is -2.07. The molecule has 5 heteroatoms. The van der Waals surface area contributed by atoms with Crippen LogP contribution in [0.3, 0.4) is 0 Å². The van der Waals surface area contributed by atoms with Crippen LogP contribution in [0.5, 0.6) is 0 Å². The Morgan fingerprint density at radius 3 is 2.73 bits per heavy atom. The van der Waals surface area contributed by atoms with E-state index in [0.29, 0.717) is 0 Å². The minimum atomic E-state index is 0.0341. The van der Waals surface area contributed by atoms with Crippen LogP contribution < -0.4 is 5.73 Å². The van der Waals surface area contributed by atoms with Crippen molar-refractivity contribution in [2.75, 3.05) is 0 Å². The molecule has 0 aromatic carbocycles. The molecule has 1 rings (SSSR count). The van der Waals surface area contributed by atoms with Gasteiger partial charge in [0.2, 0.25) is 0 Å². The highest BCUT2D eigenvalue weighted by Gasteiger charge is 1.93. The minimum Gasteiger partial charge on any atom is -0.393 e. The van der Waals surface area contributed by atoms with Crippen molar-refractivity contribution in [3.8, 4) is 0 Å². The molecule has 1 heterocycles. The van der Waals surface area contributed by atoms with Gasteiger partial charge in [0.1, 0.15) is 0 Å². The van der Waals surface area contributed by atoms with Gasteiger partial charge < -0.3 is 9.92 Å². The van der Waals surface area contributed by atoms with Gasteiger partial charge in [0.25, 0.3) is 5.17 Å². The summed E-state index contributed by atoms with van der Waals surface area (Å²) in [5.41, 5.74) is 5.11. The van der Waals surface area contributed by atoms with Crippen LogP contribution in [0.2, 0.25) is 0 Å². The number of pyridine rings is 1. The number of hydrogen-bond donors (Lipinski definition) is 1. The Bertz CT molecular complexity index is 240. The Morgan fingerprint density at radius 2 is 2.18 bits per heavy atom. The molecule has 1 aromatic rings. The fourth-order valence-electron chi connectivity index (χ4n) is 0.483. The van der Waals surface area contributed by atoms with Crippen molar-refractivity contribution in [3.63, 3.8) is 0 Å². The van der Waals surface area contributed by atoms with Crippen molar-refractivity contribution in [2.24, 2.45) is 5.73 Å². The third kappa shape index (κ3) is 3.20. The number of aromatic nitrogens is 1. The van der Waals surface area contributed by atoms with E-state index in [9.17, 15) is 0 Å². The normalized spacial score (nSPS) is 9.09. The Morgan fingerprint density at radius 1 is 1.55 bits per heavy atom. The molecule has 0 spiro atoms. The van der Waals surface area contributed by atoms with E-state index in [4.69, 9.17) is 9.92 Å². The van der Waals surface area contributed by atoms with Gasteiger partial charge in [0.05, 0.1) is 16.9 Å². The number of nitrogens with zero attached hydrogens (tertiary/aromatic N) is 1. The summed E-state index contributed by atoms with van der Waals surface area (Å²) in [7, 11) is 0. The summed E-state index contributed by atoms with van der Waals surface area (Å²) in [5.74, 6) is 0. The van der Waals surface area contributed by atoms with E-state index >= 15 is 0 Å². The number of hydrogen-bond acceptors (Lipinski definition) is 4. The number of nitrogens with two attached hydrogens (primary N) is 1. The SMILES string of the molecule is NC(=S)OSc1ccncc1. The Kier molecular flexibility index (Phi) is 3.13. The standard InChI is InChI=1S/C6H6N2OS2/c7-6(10)9-11-5-1-3-8-4-2-5/h1-4H,(H2,7,10). The fraction of sp³-hybridized carbons (Fsp3) is 0. The van der Waals surface area contributed by atoms with E-state index < -0.39 is 0 Å². The highest BCUT2D eigenvalue weighted by Crippen LogP contribution is 2.16. The van der Waals surface area contributed by atoms with Gasteiger partial charge in [-0.3, -0.25) is 4.98 Å². The molecular formula is C6H6N2OS2. The lowest BCUT2D eigenvalue weighted by Gasteiger charge is -1.98. The molecule has 11 heavy (non-hydrogen) atoms. The lowest BCUT2D eigenvalue weighted by molar-refractivity contribution is 0.652. The minimum absolute atomic E-state index is 0.0341. The van der Waals surface area contributed by atoms with E-state index in [0.717, 1.165) is 16.9 Å². The second-order valence-corrected chi connectivity index (χ2v) is 2.88. The van der Waals surface area contributed by atoms with Gasteiger partial charge >= 0.3 is 0 Å². The van der Waals surface area contributed by atoms with Crippen LogP contribution >= 0.6 is 24.3 Å². The average Bonchev–Trinajstić information content (AvgIpc) is 2.03. The molecule has 0 aliphatic rings. The van der Waals surface area contributed by atoms with Crippen LogP contribution in [0.25, 0.3) is 0 Å². The van der Waals surface area contributed by atoms with Gasteiger partial charge in [0, 0.05) is 12.4 Å². The van der Waals surface area contributed by atoms with Crippen LogP contribution in [0, 0.1) is 0 Å². The number of thiocarbonyl (C=S) groups is 1. The molecule has 2 N–H and O–H groups in total. The maximum Gasteiger partial charge on any atom is 0.267 e. The second kappa shape index (κ2) is 4.15. The molecule has 1 aromatic heterocycles. The lowest BCUT2D eigenvalue weighted by atomic mass is 10.5. The predicted molar refractivity (Wildman–Crippen MR) is 48.0 cm³/mol. The summed E-state index contributed by atoms with van der Waals surface area (Å²) < 4.78 is 4.83. The zero-order valence-corrected chi connectivity index (χ0v) is 7.19. The second-order valence-electron chi connectivity index (χ2n) is 1.67. The van der Waals surface area contributed by atoms with Crippen molar-refractivity contribution in [1.82, 2.24) is 4.98 Å². The summed E-state index contributed by atoms with van der Waals surface area (Å²) in [6, 6.07) is 3.62. The first-order chi connectivity index (χ1) is 5.29. The van der Waals surface area contributed by atoms with Gasteiger partial charge in [-0.05, 0) is 24.4 Å². The quantitative estimate of drug-likeness (QED) is 0.558. The van der Waals surface area contributed by atoms with E-state index in [1.165, 1.54) is 0 Å². The topological polar surface area (TPSA) is 48.1 Å². The molecule has 0 saturated heterocycles. The van der Waals surface area contributed by atoms with Crippen LogP contribution in [-0.4, -0.2) is 10.2 Å². The molecule has 3 nitrogen and oxygen atoms in total. The van der Waals surface area contributed by atoms with Crippen LogP contribution in [0.15, 0.2) is 29.4 Å². The Balaban J connectivity index is 2.45. The van der Waals surface area contributed by atoms with E-state index in [-0.39, 0.29) is 5.17 Å². The third-order valence-corrected chi connectivity index (χ3v) is 1.79. The summed E-state index contributed by atoms with van der Waals surface area (Å²) in [4.78, 5) is 4.76. The monoisotopic (exact) mass is 186 g/mol. The molecule has 0 fully saturated rings. The molecule has 0 unspecified atom stereocenters. The molecule has 0 atom stereocenters. The van der Waals surface area contributed by atoms with Gasteiger partial charge in [-0.15, -0.1) is 0 Å². The first-order valence-corrected chi connectivity index (χ1v) is 3.98. The smallest absolute Gasteiger partial charge is 0.267 e. The largest absolute Gasteiger partial charge is 0.393 e. The first-order valence-electron chi connectivity index (χ1n) is 2.83. The molecule has 0 radical (unpaired) electrons. The van der Waals surface area contributed by atoms with Crippen molar-refractivity contribution in [3.05, 3.63) is 24.5 Å². The van der Waals surface area contributed by atoms with E-state index in [1.807, 2.05) is 12.1 Å². The van der Waals surface area contributed by atoms with Crippen LogP contribution in [0.4, 0.5) is 0 Å². The van der Waals surface area contributed by atoms with Crippen molar-refractivity contribution in [2.45, 2.75) is 4.90 Å². The van der Waals surface area contributed by atoms with Crippen molar-refractivity contribution < 1.29 is 4.18 Å². The average molecular weight is 186 g/mol. The molecular weight excluding hydrogens is 180 g/mol. The maximum absolute atomic E-state index is 5.11. The summed E-state index contributed by atoms with van der Waals surface area (Å²) in [5, 5.41) is 0.0341. The molecule has 0 aliphatic carbocycles. The fourth-order valence-corrected chi connectivity index (χ4v) is 0.996. The zero-order valence-electron chi connectivity index (χ0n) is 5.56. The molecule has 0 aliphatic heterocycles. The van der Waals surface area contributed by atoms with Gasteiger partial charge in [-0.2, -0.15) is 0 Å². The van der Waals surface area contributed by atoms with Crippen molar-refractivity contribution in [1.29, 1.82) is 0 Å². The summed E-state index contributed by atoms with van der Waals surface area (Å²) >= 11 is 5.64. The van der Waals surface area contributed by atoms with Crippen molar-refractivity contribution >= 4 is 29.4 Å². The summed E-state index contributed by atoms with van der Waals surface area (Å²) in [6.45, 7) is 0. The Labute approximate surface area is 74.2 Å². The highest BCUT2D eigenvalue weighted by atomic mass is 32.2. The maximum atomic E-state index is 5.11. The Hall–Kier alpha value is -0.810. The van der Waals surface area contributed by atoms with Gasteiger partial charge in [-0.25, -0.2) is 0 Å². The molecule has 0 saturated carbocycles. The molecule has 58 valence electrons. The first kappa shape index (κ1) is 8.29. The predicted octanol–water partition coefficient (Wildman–Crippen LogP) is 1.35. The molecule has 0 amide bonds. The zero-order chi connectivity index (χ0) is 8.10. The van der Waals surface area contributed by atoms with E-state index in [2.05, 4.69) is 17.2 Å². The summed E-state index contributed by atoms with van der Waals surface area (Å²) in [6.07, 6.45) is 3.34.